The van der Waals surface area contributed by atoms with E-state index in [0.29, 0.717) is 6.42 Å². The van der Waals surface area contributed by atoms with Crippen LogP contribution < -0.4 is 5.32 Å². The van der Waals surface area contributed by atoms with E-state index in [9.17, 15) is 84.2 Å². The molecule has 1 heterocycles. The Kier molecular flexibility index (Phi) is 9.21. The minimum atomic E-state index is -8.81. The predicted molar refractivity (Wildman–Crippen MR) is 111 cm³/mol. The lowest BCUT2D eigenvalue weighted by atomic mass is 9.88. The van der Waals surface area contributed by atoms with Crippen molar-refractivity contribution in [3.63, 3.8) is 0 Å². The normalized spacial score (nSPS) is 17.9. The Morgan fingerprint density at radius 3 is 1.65 bits per heavy atom. The molecule has 2 rings (SSSR count). The summed E-state index contributed by atoms with van der Waals surface area (Å²) in [4.78, 5) is 24.5. The average Bonchev–Trinajstić information content (AvgIpc) is 3.19. The van der Waals surface area contributed by atoms with Gasteiger partial charge in [0.05, 0.1) is 12.2 Å². The number of esters is 1. The molecule has 0 saturated heterocycles. The van der Waals surface area contributed by atoms with Crippen molar-refractivity contribution in [3.8, 4) is 0 Å². The summed E-state index contributed by atoms with van der Waals surface area (Å²) in [6, 6.07) is 0. The molecule has 22 heteroatoms. The lowest BCUT2D eigenvalue weighted by molar-refractivity contribution is -0.459. The van der Waals surface area contributed by atoms with Crippen LogP contribution >= 0.6 is 11.3 Å². The molecule has 1 atom stereocenters. The summed E-state index contributed by atoms with van der Waals surface area (Å²) in [5.74, 6) is -63.9. The van der Waals surface area contributed by atoms with Gasteiger partial charge in [0.2, 0.25) is 0 Å². The van der Waals surface area contributed by atoms with Gasteiger partial charge in [0.25, 0.3) is 0 Å². The molecule has 4 nitrogen and oxygen atoms in total. The average molecular weight is 685 g/mol. The molecule has 1 amide bonds. The van der Waals surface area contributed by atoms with Gasteiger partial charge in [-0.05, 0) is 37.7 Å². The first-order chi connectivity index (χ1) is 19.0. The van der Waals surface area contributed by atoms with Crippen molar-refractivity contribution in [2.24, 2.45) is 5.92 Å². The van der Waals surface area contributed by atoms with Crippen molar-refractivity contribution < 1.29 is 89.0 Å². The largest absolute Gasteiger partial charge is 0.462 e. The van der Waals surface area contributed by atoms with Gasteiger partial charge in [0.1, 0.15) is 5.00 Å². The number of thiophene rings is 1. The summed E-state index contributed by atoms with van der Waals surface area (Å²) in [6.45, 7) is 2.50. The molecule has 1 aromatic heterocycles. The van der Waals surface area contributed by atoms with E-state index in [0.717, 1.165) is 5.32 Å². The molecule has 1 aromatic rings. The van der Waals surface area contributed by atoms with Gasteiger partial charge in [-0.1, -0.05) is 6.92 Å². The second kappa shape index (κ2) is 10.8. The number of amides is 1. The van der Waals surface area contributed by atoms with Crippen LogP contribution in [0.3, 0.4) is 0 Å². The van der Waals surface area contributed by atoms with Crippen LogP contribution in [-0.2, 0) is 22.4 Å². The van der Waals surface area contributed by atoms with Crippen LogP contribution in [0.1, 0.15) is 41.1 Å². The van der Waals surface area contributed by atoms with Crippen LogP contribution in [-0.4, -0.2) is 66.1 Å². The van der Waals surface area contributed by atoms with Gasteiger partial charge in [0, 0.05) is 4.88 Å². The summed E-state index contributed by atoms with van der Waals surface area (Å²) in [6.07, 6.45) is -7.44. The van der Waals surface area contributed by atoms with Crippen LogP contribution in [0, 0.1) is 5.92 Å². The second-order valence-electron chi connectivity index (χ2n) is 9.25. The highest BCUT2D eigenvalue weighted by Gasteiger charge is 2.95. The molecular formula is C21H16F17NO3S. The summed E-state index contributed by atoms with van der Waals surface area (Å²) in [5, 5.41) is -0.217. The van der Waals surface area contributed by atoms with Gasteiger partial charge in [-0.15, -0.1) is 11.3 Å². The van der Waals surface area contributed by atoms with E-state index in [4.69, 9.17) is 0 Å². The number of carbonyl (C=O) groups excluding carboxylic acids is 2. The van der Waals surface area contributed by atoms with Crippen molar-refractivity contribution in [3.05, 3.63) is 16.0 Å². The maximum absolute atomic E-state index is 14.4. The molecule has 0 bridgehead atoms. The number of rotatable bonds is 10. The minimum Gasteiger partial charge on any atom is -0.462 e. The Bertz CT molecular complexity index is 1240. The van der Waals surface area contributed by atoms with Crippen LogP contribution in [0.2, 0.25) is 0 Å². The third kappa shape index (κ3) is 5.27. The van der Waals surface area contributed by atoms with Crippen molar-refractivity contribution in [1.82, 2.24) is 0 Å². The van der Waals surface area contributed by atoms with Crippen molar-refractivity contribution in [1.29, 1.82) is 0 Å². The SMILES string of the molecule is CCOC(=O)c1c(NC(=O)C(F)(F)C(F)(F)C(F)(F)C(F)(F)C(F)(F)C(F)(F)C(F)(F)C(F)(F)F)sc2c1CCC(C)C2. The fourth-order valence-corrected chi connectivity index (χ4v) is 5.14. The van der Waals surface area contributed by atoms with E-state index in [-0.39, 0.29) is 40.5 Å². The molecule has 1 unspecified atom stereocenters. The maximum atomic E-state index is 14.4. The first-order valence-electron chi connectivity index (χ1n) is 11.3. The summed E-state index contributed by atoms with van der Waals surface area (Å²) in [7, 11) is 0. The smallest absolute Gasteiger partial charge is 0.460 e. The number of carbonyl (C=O) groups is 2. The Balaban J connectivity index is 2.59. The number of fused-ring (bicyclic) bond motifs is 1. The van der Waals surface area contributed by atoms with E-state index in [1.54, 1.807) is 6.92 Å². The third-order valence-corrected chi connectivity index (χ3v) is 7.40. The Labute approximate surface area is 232 Å². The monoisotopic (exact) mass is 685 g/mol. The standard InChI is InChI=1S/C21H16F17NO3S/c1-3-42-12(40)10-8-5-4-7(2)6-9(8)43-11(10)39-13(41)14(22,23)15(24,25)16(26,27)17(28,29)18(30,31)19(32,33)20(34,35)21(36,37)38/h7H,3-6H2,1-2H3,(H,39,41). The minimum absolute atomic E-state index is 0.000280. The fraction of sp³-hybridized carbons (Fsp3) is 0.714. The first-order valence-corrected chi connectivity index (χ1v) is 12.1. The Morgan fingerprint density at radius 2 is 1.21 bits per heavy atom. The topological polar surface area (TPSA) is 55.4 Å². The van der Waals surface area contributed by atoms with Gasteiger partial charge in [-0.2, -0.15) is 74.6 Å². The Morgan fingerprint density at radius 1 is 0.767 bits per heavy atom. The van der Waals surface area contributed by atoms with Crippen molar-refractivity contribution >= 4 is 28.2 Å². The van der Waals surface area contributed by atoms with Gasteiger partial charge in [-0.3, -0.25) is 4.79 Å². The molecule has 248 valence electrons. The van der Waals surface area contributed by atoms with E-state index in [1.165, 1.54) is 6.92 Å². The molecule has 0 radical (unpaired) electrons. The highest BCUT2D eigenvalue weighted by atomic mass is 32.1. The van der Waals surface area contributed by atoms with Crippen molar-refractivity contribution in [2.45, 2.75) is 80.7 Å². The molecule has 0 saturated carbocycles. The number of hydrogen-bond donors (Lipinski definition) is 1. The molecule has 0 spiro atoms. The molecule has 1 aliphatic carbocycles. The summed E-state index contributed by atoms with van der Waals surface area (Å²) < 4.78 is 234. The molecule has 1 N–H and O–H groups in total. The fourth-order valence-electron chi connectivity index (χ4n) is 3.75. The first kappa shape index (κ1) is 36.6. The summed E-state index contributed by atoms with van der Waals surface area (Å²) in [5.41, 5.74) is -0.727. The van der Waals surface area contributed by atoms with Gasteiger partial charge in [0.15, 0.2) is 0 Å². The molecular weight excluding hydrogens is 669 g/mol. The van der Waals surface area contributed by atoms with Crippen LogP contribution in [0.15, 0.2) is 0 Å². The molecule has 43 heavy (non-hydrogen) atoms. The van der Waals surface area contributed by atoms with Crippen LogP contribution in [0.25, 0.3) is 0 Å². The summed E-state index contributed by atoms with van der Waals surface area (Å²) >= 11 is 0.245. The van der Waals surface area contributed by atoms with Crippen molar-refractivity contribution in [2.75, 3.05) is 11.9 Å². The van der Waals surface area contributed by atoms with Crippen LogP contribution in [0.5, 0.6) is 0 Å². The third-order valence-electron chi connectivity index (χ3n) is 6.23. The highest BCUT2D eigenvalue weighted by molar-refractivity contribution is 7.17. The van der Waals surface area contributed by atoms with E-state index in [1.807, 2.05) is 0 Å². The number of nitrogens with one attached hydrogen (secondary N) is 1. The number of anilines is 1. The number of alkyl halides is 17. The zero-order chi connectivity index (χ0) is 34.0. The number of hydrogen-bond acceptors (Lipinski definition) is 4. The Hall–Kier alpha value is -2.55. The zero-order valence-corrected chi connectivity index (χ0v) is 21.8. The van der Waals surface area contributed by atoms with Gasteiger partial charge >= 0.3 is 59.5 Å². The highest BCUT2D eigenvalue weighted by Crippen LogP contribution is 2.64. The second-order valence-corrected chi connectivity index (χ2v) is 10.4. The number of ether oxygens (including phenoxy) is 1. The lowest BCUT2D eigenvalue weighted by Gasteiger charge is -2.42. The van der Waals surface area contributed by atoms with E-state index >= 15 is 0 Å². The van der Waals surface area contributed by atoms with Gasteiger partial charge < -0.3 is 10.1 Å². The molecule has 0 aromatic carbocycles. The molecule has 1 aliphatic rings. The predicted octanol–water partition coefficient (Wildman–Crippen LogP) is 8.00. The quantitative estimate of drug-likeness (QED) is 0.201. The van der Waals surface area contributed by atoms with E-state index in [2.05, 4.69) is 4.74 Å². The van der Waals surface area contributed by atoms with Gasteiger partial charge in [-0.25, -0.2) is 4.79 Å². The molecule has 0 aliphatic heterocycles. The van der Waals surface area contributed by atoms with Crippen LogP contribution in [0.4, 0.5) is 79.6 Å². The maximum Gasteiger partial charge on any atom is 0.460 e. The molecule has 0 fully saturated rings. The van der Waals surface area contributed by atoms with E-state index < -0.39 is 76.7 Å². The zero-order valence-electron chi connectivity index (χ0n) is 21.0. The lowest BCUT2D eigenvalue weighted by Crippen LogP contribution is -2.75. The number of halogens is 17.